The summed E-state index contributed by atoms with van der Waals surface area (Å²) >= 11 is 6.99. The minimum absolute atomic E-state index is 0. The van der Waals surface area contributed by atoms with E-state index in [-0.39, 0.29) is 26.2 Å². The van der Waals surface area contributed by atoms with Crippen LogP contribution in [0, 0.1) is 0 Å². The molecule has 0 unspecified atom stereocenters. The monoisotopic (exact) mass is 411 g/mol. The number of hydrogen-bond acceptors (Lipinski definition) is 0. The molecule has 0 N–H and O–H groups in total. The second-order valence-electron chi connectivity index (χ2n) is 3.61. The molecular formula is C13H7Br2Zr-. The summed E-state index contributed by atoms with van der Waals surface area (Å²) in [5.74, 6) is 0. The summed E-state index contributed by atoms with van der Waals surface area (Å²) in [5, 5.41) is 5.22. The standard InChI is InChI=1S/C13H7Br2.Zr/c14-10-1-3-12-8(6-10)5-9-7-11(15)2-4-13(9)12;/h1-7H;/q-1;. The zero-order valence-electron chi connectivity index (χ0n) is 8.30. The Bertz CT molecular complexity index is 599. The van der Waals surface area contributed by atoms with Gasteiger partial charge in [0.1, 0.15) is 0 Å². The third kappa shape index (κ3) is 2.10. The molecular weight excluding hydrogens is 407 g/mol. The fourth-order valence-electron chi connectivity index (χ4n) is 1.96. The SMILES string of the molecule is Brc1ccc2c(c1)[cH-]c1cc(Br)ccc12.[Zr]. The average Bonchev–Trinajstić information content (AvgIpc) is 2.53. The molecule has 3 aromatic carbocycles. The van der Waals surface area contributed by atoms with Gasteiger partial charge in [0.2, 0.25) is 0 Å². The van der Waals surface area contributed by atoms with Crippen LogP contribution in [-0.2, 0) is 26.2 Å². The van der Waals surface area contributed by atoms with Crippen LogP contribution in [0.15, 0.2) is 51.4 Å². The molecule has 16 heavy (non-hydrogen) atoms. The van der Waals surface area contributed by atoms with Crippen LogP contribution in [0.5, 0.6) is 0 Å². The molecule has 0 atom stereocenters. The number of hydrogen-bond donors (Lipinski definition) is 0. The van der Waals surface area contributed by atoms with Crippen molar-refractivity contribution >= 4 is 53.4 Å². The van der Waals surface area contributed by atoms with Crippen molar-refractivity contribution in [1.82, 2.24) is 0 Å². The molecule has 0 saturated carbocycles. The summed E-state index contributed by atoms with van der Waals surface area (Å²) in [6.07, 6.45) is 0. The van der Waals surface area contributed by atoms with Gasteiger partial charge in [-0.05, 0) is 8.95 Å². The first-order chi connectivity index (χ1) is 7.24. The first-order valence-corrected chi connectivity index (χ1v) is 6.27. The van der Waals surface area contributed by atoms with Gasteiger partial charge in [-0.2, -0.15) is 0 Å². The zero-order valence-corrected chi connectivity index (χ0v) is 13.9. The van der Waals surface area contributed by atoms with Gasteiger partial charge >= 0.3 is 0 Å². The van der Waals surface area contributed by atoms with Crippen molar-refractivity contribution in [2.24, 2.45) is 0 Å². The van der Waals surface area contributed by atoms with Crippen molar-refractivity contribution in [3.63, 3.8) is 0 Å². The fraction of sp³-hybridized carbons (Fsp3) is 0. The van der Waals surface area contributed by atoms with E-state index in [2.05, 4.69) is 74.3 Å². The van der Waals surface area contributed by atoms with Gasteiger partial charge in [-0.25, -0.2) is 0 Å². The smallest absolute Gasteiger partial charge is 0 e. The van der Waals surface area contributed by atoms with Crippen LogP contribution in [0.3, 0.4) is 0 Å². The predicted molar refractivity (Wildman–Crippen MR) is 72.4 cm³/mol. The van der Waals surface area contributed by atoms with Gasteiger partial charge in [0.25, 0.3) is 0 Å². The number of halogens is 2. The van der Waals surface area contributed by atoms with Crippen molar-refractivity contribution in [2.75, 3.05) is 0 Å². The Labute approximate surface area is 130 Å². The second kappa shape index (κ2) is 4.80. The van der Waals surface area contributed by atoms with Crippen LogP contribution < -0.4 is 0 Å². The molecule has 3 heteroatoms. The molecule has 3 aromatic rings. The van der Waals surface area contributed by atoms with Crippen molar-refractivity contribution in [3.05, 3.63) is 51.4 Å². The molecule has 0 aliphatic rings. The molecule has 0 bridgehead atoms. The number of fused-ring (bicyclic) bond motifs is 3. The Morgan fingerprint density at radius 3 is 1.62 bits per heavy atom. The van der Waals surface area contributed by atoms with E-state index in [0.717, 1.165) is 8.95 Å². The summed E-state index contributed by atoms with van der Waals surface area (Å²) in [7, 11) is 0. The third-order valence-corrected chi connectivity index (χ3v) is 3.61. The normalized spacial score (nSPS) is 10.6. The summed E-state index contributed by atoms with van der Waals surface area (Å²) < 4.78 is 2.26. The molecule has 0 amide bonds. The molecule has 3 rings (SSSR count). The van der Waals surface area contributed by atoms with E-state index in [4.69, 9.17) is 0 Å². The van der Waals surface area contributed by atoms with Crippen LogP contribution in [-0.4, -0.2) is 0 Å². The van der Waals surface area contributed by atoms with Crippen LogP contribution in [0.4, 0.5) is 0 Å². The Balaban J connectivity index is 0.000000963. The van der Waals surface area contributed by atoms with Crippen molar-refractivity contribution in [3.8, 4) is 0 Å². The topological polar surface area (TPSA) is 0 Å². The molecule has 0 aromatic heterocycles. The Hall–Kier alpha value is 0.153. The second-order valence-corrected chi connectivity index (χ2v) is 5.44. The van der Waals surface area contributed by atoms with Gasteiger partial charge in [-0.15, -0.1) is 39.7 Å². The number of benzene rings is 2. The molecule has 0 saturated heterocycles. The van der Waals surface area contributed by atoms with Crippen LogP contribution >= 0.6 is 31.9 Å². The van der Waals surface area contributed by atoms with Gasteiger partial charge in [-0.1, -0.05) is 56.1 Å². The van der Waals surface area contributed by atoms with E-state index >= 15 is 0 Å². The maximum Gasteiger partial charge on any atom is 0 e. The molecule has 0 spiro atoms. The molecule has 0 fully saturated rings. The van der Waals surface area contributed by atoms with Crippen molar-refractivity contribution in [1.29, 1.82) is 0 Å². The first kappa shape index (κ1) is 12.6. The zero-order chi connectivity index (χ0) is 10.4. The quantitative estimate of drug-likeness (QED) is 0.442. The van der Waals surface area contributed by atoms with E-state index in [9.17, 15) is 0 Å². The largest absolute Gasteiger partial charge is 0.126 e. The molecule has 0 nitrogen and oxygen atoms in total. The van der Waals surface area contributed by atoms with Crippen LogP contribution in [0.25, 0.3) is 21.5 Å². The summed E-state index contributed by atoms with van der Waals surface area (Å²) in [6.45, 7) is 0. The van der Waals surface area contributed by atoms with Gasteiger partial charge in [-0.3, -0.25) is 0 Å². The van der Waals surface area contributed by atoms with E-state index in [0.29, 0.717) is 0 Å². The van der Waals surface area contributed by atoms with Gasteiger partial charge < -0.3 is 0 Å². The minimum Gasteiger partial charge on any atom is -0.126 e. The predicted octanol–water partition coefficient (Wildman–Crippen LogP) is 5.23. The van der Waals surface area contributed by atoms with Gasteiger partial charge in [0.05, 0.1) is 0 Å². The Morgan fingerprint density at radius 2 is 1.19 bits per heavy atom. The van der Waals surface area contributed by atoms with Crippen LogP contribution in [0.1, 0.15) is 0 Å². The number of rotatable bonds is 0. The molecule has 0 heterocycles. The summed E-state index contributed by atoms with van der Waals surface area (Å²) in [5.41, 5.74) is 0. The summed E-state index contributed by atoms with van der Waals surface area (Å²) in [4.78, 5) is 0. The van der Waals surface area contributed by atoms with E-state index in [1.807, 2.05) is 0 Å². The fourth-order valence-corrected chi connectivity index (χ4v) is 2.72. The third-order valence-electron chi connectivity index (χ3n) is 2.63. The Morgan fingerprint density at radius 1 is 0.750 bits per heavy atom. The average molecular weight is 414 g/mol. The van der Waals surface area contributed by atoms with Crippen molar-refractivity contribution in [2.45, 2.75) is 0 Å². The molecule has 78 valence electrons. The molecule has 0 aliphatic heterocycles. The first-order valence-electron chi connectivity index (χ1n) is 4.68. The van der Waals surface area contributed by atoms with E-state index in [1.54, 1.807) is 0 Å². The minimum atomic E-state index is 0. The Kier molecular flexibility index (Phi) is 3.78. The molecule has 0 radical (unpaired) electrons. The summed E-state index contributed by atoms with van der Waals surface area (Å²) in [6, 6.07) is 15.0. The van der Waals surface area contributed by atoms with Crippen LogP contribution in [0.2, 0.25) is 0 Å². The van der Waals surface area contributed by atoms with E-state index < -0.39 is 0 Å². The van der Waals surface area contributed by atoms with E-state index in [1.165, 1.54) is 21.5 Å². The maximum absolute atomic E-state index is 3.49. The maximum atomic E-state index is 3.49. The van der Waals surface area contributed by atoms with Gasteiger partial charge in [0.15, 0.2) is 0 Å². The molecule has 0 aliphatic carbocycles. The van der Waals surface area contributed by atoms with Gasteiger partial charge in [0, 0.05) is 26.2 Å². The van der Waals surface area contributed by atoms with Crippen molar-refractivity contribution < 1.29 is 26.2 Å².